The fraction of sp³-hybridized carbons (Fsp3) is 0.211. The maximum absolute atomic E-state index is 12.0. The summed E-state index contributed by atoms with van der Waals surface area (Å²) in [5.41, 5.74) is 3.61. The number of amides is 1. The molecule has 0 aliphatic rings. The molecule has 23 heavy (non-hydrogen) atoms. The third kappa shape index (κ3) is 4.97. The highest BCUT2D eigenvalue weighted by atomic mass is 16.3. The number of carbonyl (C=O) groups excluding carboxylic acids is 1. The van der Waals surface area contributed by atoms with Crippen LogP contribution in [0.1, 0.15) is 21.5 Å². The normalized spacial score (nSPS) is 10.7. The molecule has 2 aromatic rings. The summed E-state index contributed by atoms with van der Waals surface area (Å²) in [5, 5.41) is 14.8. The molecule has 0 unspecified atom stereocenters. The molecule has 4 heteroatoms. The molecule has 0 bridgehead atoms. The smallest absolute Gasteiger partial charge is 0.251 e. The lowest BCUT2D eigenvalue weighted by Crippen LogP contribution is -2.27. The van der Waals surface area contributed by atoms with Crippen molar-refractivity contribution in [2.75, 3.05) is 25.0 Å². The first kappa shape index (κ1) is 16.8. The number of hydrogen-bond donors (Lipinski definition) is 3. The van der Waals surface area contributed by atoms with Crippen LogP contribution >= 0.6 is 0 Å². The van der Waals surface area contributed by atoms with E-state index in [2.05, 4.69) is 16.7 Å². The van der Waals surface area contributed by atoms with Crippen LogP contribution < -0.4 is 10.6 Å². The minimum atomic E-state index is -0.167. The van der Waals surface area contributed by atoms with Crippen molar-refractivity contribution in [2.45, 2.75) is 6.92 Å². The van der Waals surface area contributed by atoms with Gasteiger partial charge in [-0.3, -0.25) is 4.79 Å². The van der Waals surface area contributed by atoms with Crippen molar-refractivity contribution in [3.63, 3.8) is 0 Å². The molecule has 0 fully saturated rings. The lowest BCUT2D eigenvalue weighted by atomic mass is 10.1. The van der Waals surface area contributed by atoms with Gasteiger partial charge in [0.15, 0.2) is 0 Å². The second kappa shape index (κ2) is 8.76. The lowest BCUT2D eigenvalue weighted by Gasteiger charge is -2.12. The Labute approximate surface area is 136 Å². The number of carbonyl (C=O) groups is 1. The van der Waals surface area contributed by atoms with Crippen molar-refractivity contribution >= 4 is 17.7 Å². The second-order valence-electron chi connectivity index (χ2n) is 5.15. The quantitative estimate of drug-likeness (QED) is 0.737. The SMILES string of the molecule is Cc1c(NCC=Cc2ccccc2)cccc1C(=O)NCCO. The Bertz CT molecular complexity index is 666. The zero-order chi connectivity index (χ0) is 16.5. The first-order chi connectivity index (χ1) is 11.2. The number of aliphatic hydroxyl groups is 1. The molecule has 0 aromatic heterocycles. The van der Waals surface area contributed by atoms with Crippen LogP contribution in [0.25, 0.3) is 6.08 Å². The van der Waals surface area contributed by atoms with Crippen LogP contribution in [-0.2, 0) is 0 Å². The second-order valence-corrected chi connectivity index (χ2v) is 5.15. The number of aliphatic hydroxyl groups excluding tert-OH is 1. The van der Waals surface area contributed by atoms with E-state index in [9.17, 15) is 4.79 Å². The summed E-state index contributed by atoms with van der Waals surface area (Å²) in [6.07, 6.45) is 4.10. The van der Waals surface area contributed by atoms with E-state index < -0.39 is 0 Å². The van der Waals surface area contributed by atoms with Crippen molar-refractivity contribution in [1.29, 1.82) is 0 Å². The maximum Gasteiger partial charge on any atom is 0.251 e. The third-order valence-corrected chi connectivity index (χ3v) is 3.50. The lowest BCUT2D eigenvalue weighted by molar-refractivity contribution is 0.0944. The molecule has 0 atom stereocenters. The fourth-order valence-electron chi connectivity index (χ4n) is 2.27. The highest BCUT2D eigenvalue weighted by molar-refractivity contribution is 5.97. The zero-order valence-electron chi connectivity index (χ0n) is 13.3. The molecule has 0 radical (unpaired) electrons. The van der Waals surface area contributed by atoms with Crippen molar-refractivity contribution < 1.29 is 9.90 Å². The van der Waals surface area contributed by atoms with E-state index in [1.807, 2.05) is 55.5 Å². The van der Waals surface area contributed by atoms with Gasteiger partial charge in [-0.05, 0) is 30.2 Å². The van der Waals surface area contributed by atoms with Gasteiger partial charge in [0.2, 0.25) is 0 Å². The molecule has 0 saturated heterocycles. The Kier molecular flexibility index (Phi) is 6.39. The molecule has 4 nitrogen and oxygen atoms in total. The van der Waals surface area contributed by atoms with Gasteiger partial charge in [-0.2, -0.15) is 0 Å². The molecule has 3 N–H and O–H groups in total. The molecule has 2 rings (SSSR count). The Morgan fingerprint density at radius 2 is 1.91 bits per heavy atom. The molecule has 120 valence electrons. The molecule has 0 aliphatic carbocycles. The summed E-state index contributed by atoms with van der Waals surface area (Å²) in [6.45, 7) is 2.79. The Balaban J connectivity index is 1.98. The van der Waals surface area contributed by atoms with Gasteiger partial charge in [0.1, 0.15) is 0 Å². The van der Waals surface area contributed by atoms with Gasteiger partial charge in [-0.15, -0.1) is 0 Å². The van der Waals surface area contributed by atoms with Gasteiger partial charge in [0.05, 0.1) is 6.61 Å². The van der Waals surface area contributed by atoms with E-state index in [-0.39, 0.29) is 19.1 Å². The van der Waals surface area contributed by atoms with E-state index in [1.165, 1.54) is 0 Å². The highest BCUT2D eigenvalue weighted by Crippen LogP contribution is 2.18. The fourth-order valence-corrected chi connectivity index (χ4v) is 2.27. The molecular formula is C19H22N2O2. The number of rotatable bonds is 7. The first-order valence-corrected chi connectivity index (χ1v) is 7.66. The Morgan fingerprint density at radius 3 is 2.65 bits per heavy atom. The minimum absolute atomic E-state index is 0.0625. The van der Waals surface area contributed by atoms with Crippen molar-refractivity contribution in [2.24, 2.45) is 0 Å². The van der Waals surface area contributed by atoms with Gasteiger partial charge in [-0.1, -0.05) is 48.6 Å². The van der Waals surface area contributed by atoms with E-state index in [0.29, 0.717) is 12.1 Å². The summed E-state index contributed by atoms with van der Waals surface area (Å²) < 4.78 is 0. The number of hydrogen-bond acceptors (Lipinski definition) is 3. The van der Waals surface area contributed by atoms with E-state index in [0.717, 1.165) is 16.8 Å². The number of anilines is 1. The molecule has 0 spiro atoms. The van der Waals surface area contributed by atoms with Gasteiger partial charge in [0.25, 0.3) is 5.91 Å². The Morgan fingerprint density at radius 1 is 1.13 bits per heavy atom. The summed E-state index contributed by atoms with van der Waals surface area (Å²) in [4.78, 5) is 12.0. The van der Waals surface area contributed by atoms with Crippen molar-refractivity contribution in [1.82, 2.24) is 5.32 Å². The molecule has 0 aliphatic heterocycles. The van der Waals surface area contributed by atoms with Crippen LogP contribution in [-0.4, -0.2) is 30.7 Å². The van der Waals surface area contributed by atoms with Crippen LogP contribution in [0.5, 0.6) is 0 Å². The first-order valence-electron chi connectivity index (χ1n) is 7.66. The predicted molar refractivity (Wildman–Crippen MR) is 94.6 cm³/mol. The van der Waals surface area contributed by atoms with E-state index in [4.69, 9.17) is 5.11 Å². The zero-order valence-corrected chi connectivity index (χ0v) is 13.3. The van der Waals surface area contributed by atoms with Crippen LogP contribution in [0.2, 0.25) is 0 Å². The standard InChI is InChI=1S/C19H22N2O2/c1-15-17(19(23)21-13-14-22)10-5-11-18(15)20-12-6-9-16-7-3-2-4-8-16/h2-11,20,22H,12-14H2,1H3,(H,21,23). The monoisotopic (exact) mass is 310 g/mol. The van der Waals surface area contributed by atoms with Crippen LogP contribution in [0, 0.1) is 6.92 Å². The number of benzene rings is 2. The highest BCUT2D eigenvalue weighted by Gasteiger charge is 2.10. The minimum Gasteiger partial charge on any atom is -0.395 e. The van der Waals surface area contributed by atoms with Gasteiger partial charge >= 0.3 is 0 Å². The topological polar surface area (TPSA) is 61.4 Å². The summed E-state index contributed by atoms with van der Waals surface area (Å²) in [6, 6.07) is 15.7. The molecule has 0 heterocycles. The van der Waals surface area contributed by atoms with Gasteiger partial charge in [-0.25, -0.2) is 0 Å². The molecule has 2 aromatic carbocycles. The molecule has 1 amide bonds. The molecular weight excluding hydrogens is 288 g/mol. The van der Waals surface area contributed by atoms with Crippen LogP contribution in [0.15, 0.2) is 54.6 Å². The number of nitrogens with one attached hydrogen (secondary N) is 2. The van der Waals surface area contributed by atoms with E-state index >= 15 is 0 Å². The third-order valence-electron chi connectivity index (χ3n) is 3.50. The average Bonchev–Trinajstić information content (AvgIpc) is 2.58. The Hall–Kier alpha value is -2.59. The van der Waals surface area contributed by atoms with Crippen LogP contribution in [0.4, 0.5) is 5.69 Å². The maximum atomic E-state index is 12.0. The van der Waals surface area contributed by atoms with Crippen LogP contribution in [0.3, 0.4) is 0 Å². The largest absolute Gasteiger partial charge is 0.395 e. The summed E-state index contributed by atoms with van der Waals surface area (Å²) in [7, 11) is 0. The van der Waals surface area contributed by atoms with Gasteiger partial charge < -0.3 is 15.7 Å². The summed E-state index contributed by atoms with van der Waals surface area (Å²) in [5.74, 6) is -0.167. The van der Waals surface area contributed by atoms with Gasteiger partial charge in [0, 0.05) is 24.3 Å². The average molecular weight is 310 g/mol. The predicted octanol–water partition coefficient (Wildman–Crippen LogP) is 2.84. The molecule has 0 saturated carbocycles. The van der Waals surface area contributed by atoms with Crippen molar-refractivity contribution in [3.05, 3.63) is 71.3 Å². The van der Waals surface area contributed by atoms with E-state index in [1.54, 1.807) is 6.07 Å². The van der Waals surface area contributed by atoms with Crippen molar-refractivity contribution in [3.8, 4) is 0 Å². The summed E-state index contributed by atoms with van der Waals surface area (Å²) >= 11 is 0.